The Morgan fingerprint density at radius 3 is 2.07 bits per heavy atom. The number of unbranched alkanes of at least 4 members (excludes halogenated alkanes) is 3. The van der Waals surface area contributed by atoms with Crippen molar-refractivity contribution >= 4 is 76.0 Å². The van der Waals surface area contributed by atoms with E-state index in [0.29, 0.717) is 58.5 Å². The average Bonchev–Trinajstić information content (AvgIpc) is 4.20. The molecule has 0 aromatic carbocycles. The summed E-state index contributed by atoms with van der Waals surface area (Å²) in [5.41, 5.74) is 13.5. The molecule has 0 saturated heterocycles. The number of thiophene rings is 3. The third-order valence-electron chi connectivity index (χ3n) is 9.85. The number of alkyl halides is 3. The molecule has 0 atom stereocenters. The first-order valence-electron chi connectivity index (χ1n) is 20.8. The number of carbonyl (C=O) groups excluding carboxylic acids is 2. The van der Waals surface area contributed by atoms with Gasteiger partial charge in [-0.3, -0.25) is 24.5 Å². The van der Waals surface area contributed by atoms with Crippen molar-refractivity contribution in [3.63, 3.8) is 0 Å². The van der Waals surface area contributed by atoms with Gasteiger partial charge in [-0.2, -0.15) is 18.3 Å². The third-order valence-corrected chi connectivity index (χ3v) is 13.1. The van der Waals surface area contributed by atoms with Crippen LogP contribution in [-0.4, -0.2) is 55.9 Å². The Hall–Kier alpha value is -6.73. The molecular weight excluding hydrogens is 1070 g/mol. The first-order valence-corrected chi connectivity index (χ1v) is 23.7. The number of nitrogens with one attached hydrogen (secondary N) is 2. The molecule has 8 heterocycles. The second-order valence-electron chi connectivity index (χ2n) is 14.4. The maximum Gasteiger partial charge on any atom is 2.00 e. The Labute approximate surface area is 430 Å². The van der Waals surface area contributed by atoms with Gasteiger partial charge in [-0.15, -0.1) is 34.0 Å². The molecule has 8 aromatic heterocycles. The van der Waals surface area contributed by atoms with Crippen molar-refractivity contribution < 1.29 is 56.1 Å². The summed E-state index contributed by atoms with van der Waals surface area (Å²) in [6.07, 6.45) is 6.58. The molecule has 0 saturated carbocycles. The van der Waals surface area contributed by atoms with Gasteiger partial charge in [-0.25, -0.2) is 4.98 Å². The van der Waals surface area contributed by atoms with Crippen LogP contribution in [0.25, 0.3) is 75.9 Å². The van der Waals surface area contributed by atoms with Crippen molar-refractivity contribution in [2.45, 2.75) is 52.1 Å². The predicted molar refractivity (Wildman–Crippen MR) is 269 cm³/mol. The number of aromatic nitrogens is 4. The smallest absolute Gasteiger partial charge is 0.753 e. The van der Waals surface area contributed by atoms with Gasteiger partial charge in [0, 0.05) is 72.3 Å². The zero-order chi connectivity index (χ0) is 49.3. The molecule has 21 heteroatoms. The van der Waals surface area contributed by atoms with Crippen molar-refractivity contribution in [3.8, 4) is 76.2 Å². The molecule has 2 N–H and O–H groups in total. The molecule has 8 aromatic rings. The fourth-order valence-corrected chi connectivity index (χ4v) is 9.60. The number of thiocarbonyl (C=S) groups is 1. The number of rotatable bonds is 16. The van der Waals surface area contributed by atoms with E-state index in [1.807, 2.05) is 18.2 Å². The first kappa shape index (κ1) is 54.2. The fraction of sp³-hybridized carbons (Fsp3) is 0.163. The first-order chi connectivity index (χ1) is 33.3. The largest absolute Gasteiger partial charge is 2.00 e. The number of aliphatic imine (C=N–C) groups is 1. The second kappa shape index (κ2) is 26.3. The summed E-state index contributed by atoms with van der Waals surface area (Å²) >= 11 is 8.97. The number of ether oxygens (including phenoxy) is 2. The van der Waals surface area contributed by atoms with Crippen molar-refractivity contribution in [1.29, 1.82) is 5.41 Å². The van der Waals surface area contributed by atoms with E-state index in [-0.39, 0.29) is 25.2 Å². The van der Waals surface area contributed by atoms with Gasteiger partial charge < -0.3 is 35.4 Å². The molecular formula is C49H39F3N8O5RuS4. The van der Waals surface area contributed by atoms with Gasteiger partial charge in [0.2, 0.25) is 0 Å². The summed E-state index contributed by atoms with van der Waals surface area (Å²) in [6, 6.07) is 26.1. The minimum absolute atomic E-state index is 0. The van der Waals surface area contributed by atoms with E-state index in [4.69, 9.17) is 35.4 Å². The van der Waals surface area contributed by atoms with E-state index in [2.05, 4.69) is 81.7 Å². The molecule has 358 valence electrons. The minimum atomic E-state index is -4.89. The summed E-state index contributed by atoms with van der Waals surface area (Å²) < 4.78 is 52.8. The van der Waals surface area contributed by atoms with Crippen LogP contribution < -0.4 is 9.47 Å². The molecule has 0 bridgehead atoms. The zero-order valence-corrected chi connectivity index (χ0v) is 42.0. The van der Waals surface area contributed by atoms with E-state index in [1.165, 1.54) is 48.7 Å². The van der Waals surface area contributed by atoms with Crippen LogP contribution in [0.3, 0.4) is 0 Å². The topological polar surface area (TPSA) is 200 Å². The molecule has 0 spiro atoms. The second-order valence-corrected chi connectivity index (χ2v) is 17.9. The molecule has 0 aliphatic rings. The molecule has 70 heavy (non-hydrogen) atoms. The minimum Gasteiger partial charge on any atom is -0.753 e. The van der Waals surface area contributed by atoms with Gasteiger partial charge in [0.1, 0.15) is 23.1 Å². The molecule has 13 nitrogen and oxygen atoms in total. The molecule has 0 radical (unpaired) electrons. The van der Waals surface area contributed by atoms with Crippen molar-refractivity contribution in [1.82, 2.24) is 19.9 Å². The van der Waals surface area contributed by atoms with Crippen LogP contribution in [-0.2, 0) is 35.5 Å². The van der Waals surface area contributed by atoms with Crippen LogP contribution in [0.15, 0.2) is 125 Å². The molecule has 0 aliphatic heterocycles. The van der Waals surface area contributed by atoms with Crippen LogP contribution in [0, 0.1) is 12.3 Å². The summed E-state index contributed by atoms with van der Waals surface area (Å²) in [5, 5.41) is 17.5. The number of halogens is 3. The Balaban J connectivity index is 0.000000264. The Bertz CT molecular complexity index is 3110. The van der Waals surface area contributed by atoms with Gasteiger partial charge in [0.25, 0.3) is 12.9 Å². The molecule has 0 fully saturated rings. The van der Waals surface area contributed by atoms with Crippen molar-refractivity contribution in [3.05, 3.63) is 142 Å². The summed E-state index contributed by atoms with van der Waals surface area (Å²) in [5.74, 6) is -1.32. The van der Waals surface area contributed by atoms with E-state index >= 15 is 0 Å². The van der Waals surface area contributed by atoms with E-state index in [0.717, 1.165) is 48.1 Å². The number of aryl methyl sites for hydroxylation is 2. The fourth-order valence-electron chi connectivity index (χ4n) is 6.64. The number of hydrogen-bond acceptors (Lipinski definition) is 14. The predicted octanol–water partition coefficient (Wildman–Crippen LogP) is 14.2. The number of furan rings is 1. The standard InChI is InChI=1S/C30H19N3O4S3.C18H20F3N4O.CNS.Ru/c1-18-22(8-11-38-18)28-3-5-30(40-28)29-4-2-27(39-29)19-6-9-31-23(12-19)25-14-21(37-17-35)15-26(33-25)24-13-20(36-16-34)7-10-32-24;1-2-3-4-5-6-12-8-10-26-15(12)13-7-9-24-14(11-13)16(22)25-17(23)18(19,20)21;2-1-3;/h2-17H,1H3;7-11H,2-6H2,1H3,(H2-,22,23,25);;/q;2*-1;+2. The van der Waals surface area contributed by atoms with Crippen LogP contribution in [0.4, 0.5) is 13.2 Å². The van der Waals surface area contributed by atoms with Gasteiger partial charge in [-0.1, -0.05) is 38.4 Å². The number of carbonyl (C=O) groups is 2. The average molecular weight is 1110 g/mol. The molecule has 0 amide bonds. The maximum absolute atomic E-state index is 12.4. The zero-order valence-electron chi connectivity index (χ0n) is 37.0. The maximum atomic E-state index is 12.4. The van der Waals surface area contributed by atoms with Crippen LogP contribution in [0.2, 0.25) is 0 Å². The Morgan fingerprint density at radius 2 is 1.41 bits per heavy atom. The van der Waals surface area contributed by atoms with Gasteiger partial charge in [0.05, 0.1) is 34.7 Å². The number of isothiocyanates is 1. The quantitative estimate of drug-likeness (QED) is 0.0242. The van der Waals surface area contributed by atoms with Gasteiger partial charge >= 0.3 is 25.7 Å². The molecule has 0 aliphatic carbocycles. The SMILES string of the molecule is CCCCCCc1ccoc1-c1ccnc(C([NH-])=NC(=N)C(F)(F)F)c1.Cc1sccc1-c1ccc(-c2ccc(-c3ccnc(-c4cc(OC=O)cc(-c5cc(OC=O)ccn5)n4)c3)s2)s1.[N-]=C=S.[Ru+2]. The van der Waals surface area contributed by atoms with Crippen molar-refractivity contribution in [2.75, 3.05) is 0 Å². The number of amidine groups is 2. The van der Waals surface area contributed by atoms with E-state index in [1.54, 1.807) is 76.8 Å². The number of hydrogen-bond donors (Lipinski definition) is 1. The monoisotopic (exact) mass is 1110 g/mol. The number of pyridine rings is 4. The van der Waals surface area contributed by atoms with Crippen molar-refractivity contribution in [2.24, 2.45) is 4.99 Å². The molecule has 0 unspecified atom stereocenters. The third kappa shape index (κ3) is 14.6. The van der Waals surface area contributed by atoms with Crippen LogP contribution >= 0.6 is 46.2 Å². The van der Waals surface area contributed by atoms with Crippen LogP contribution in [0.5, 0.6) is 11.5 Å². The van der Waals surface area contributed by atoms with Gasteiger partial charge in [-0.05, 0) is 109 Å². The summed E-state index contributed by atoms with van der Waals surface area (Å²) in [4.78, 5) is 48.4. The molecule has 8 rings (SSSR count). The number of nitrogens with zero attached hydrogens (tertiary/aromatic N) is 6. The Morgan fingerprint density at radius 1 is 0.814 bits per heavy atom. The van der Waals surface area contributed by atoms with E-state index < -0.39 is 17.8 Å². The summed E-state index contributed by atoms with van der Waals surface area (Å²) in [7, 11) is 0. The normalized spacial score (nSPS) is 10.9. The summed E-state index contributed by atoms with van der Waals surface area (Å²) in [6.45, 7) is 4.99. The van der Waals surface area contributed by atoms with Crippen LogP contribution in [0.1, 0.15) is 48.7 Å². The van der Waals surface area contributed by atoms with Gasteiger partial charge in [0.15, 0.2) is 0 Å². The Kier molecular flexibility index (Phi) is 20.4. The van der Waals surface area contributed by atoms with E-state index in [9.17, 15) is 22.8 Å².